The van der Waals surface area contributed by atoms with Crippen LogP contribution in [-0.2, 0) is 16.6 Å². The minimum atomic E-state index is -3.69. The van der Waals surface area contributed by atoms with Gasteiger partial charge in [-0.1, -0.05) is 17.7 Å². The van der Waals surface area contributed by atoms with Gasteiger partial charge in [0.05, 0.1) is 23.4 Å². The third-order valence-corrected chi connectivity index (χ3v) is 5.45. The van der Waals surface area contributed by atoms with E-state index < -0.39 is 10.0 Å². The minimum Gasteiger partial charge on any atom is -0.467 e. The van der Waals surface area contributed by atoms with E-state index in [2.05, 4.69) is 10.0 Å². The molecule has 0 atom stereocenters. The fourth-order valence-electron chi connectivity index (χ4n) is 2.52. The Morgan fingerprint density at radius 3 is 2.41 bits per heavy atom. The summed E-state index contributed by atoms with van der Waals surface area (Å²) in [5.74, 6) is 0.394. The Bertz CT molecular complexity index is 1040. The lowest BCUT2D eigenvalue weighted by molar-refractivity contribution is 0.0948. The molecule has 2 N–H and O–H groups in total. The van der Waals surface area contributed by atoms with Gasteiger partial charge in [0.2, 0.25) is 0 Å². The summed E-state index contributed by atoms with van der Waals surface area (Å²) in [5.41, 5.74) is 2.50. The fraction of sp³-hybridized carbons (Fsp3) is 0.150. The summed E-state index contributed by atoms with van der Waals surface area (Å²) in [6.07, 6.45) is 1.54. The molecule has 0 bridgehead atoms. The standard InChI is InChI=1S/C20H20N2O4S/c1-14-5-8-18(9-6-14)27(24,25)22-19-10-7-16(12-15(19)2)20(23)21-13-17-4-3-11-26-17/h3-12,22H,13H2,1-2H3,(H,21,23). The summed E-state index contributed by atoms with van der Waals surface area (Å²) >= 11 is 0. The molecular formula is C20H20N2O4S. The molecule has 7 heteroatoms. The van der Waals surface area contributed by atoms with Crippen molar-refractivity contribution in [2.45, 2.75) is 25.3 Å². The highest BCUT2D eigenvalue weighted by Crippen LogP contribution is 2.21. The molecule has 2 aromatic carbocycles. The van der Waals surface area contributed by atoms with Gasteiger partial charge < -0.3 is 9.73 Å². The normalized spacial score (nSPS) is 11.2. The molecule has 1 aromatic heterocycles. The zero-order chi connectivity index (χ0) is 19.4. The Morgan fingerprint density at radius 2 is 1.78 bits per heavy atom. The summed E-state index contributed by atoms with van der Waals surface area (Å²) < 4.78 is 32.8. The number of nitrogens with one attached hydrogen (secondary N) is 2. The number of sulfonamides is 1. The molecule has 27 heavy (non-hydrogen) atoms. The average Bonchev–Trinajstić information content (AvgIpc) is 3.15. The second kappa shape index (κ2) is 7.67. The van der Waals surface area contributed by atoms with Crippen LogP contribution in [0.15, 0.2) is 70.2 Å². The number of aryl methyl sites for hydroxylation is 2. The van der Waals surface area contributed by atoms with Gasteiger partial charge in [0.25, 0.3) is 15.9 Å². The van der Waals surface area contributed by atoms with Crippen LogP contribution < -0.4 is 10.0 Å². The number of rotatable bonds is 6. The summed E-state index contributed by atoms with van der Waals surface area (Å²) in [7, 11) is -3.69. The Morgan fingerprint density at radius 1 is 1.04 bits per heavy atom. The van der Waals surface area contributed by atoms with Gasteiger partial charge in [0.1, 0.15) is 5.76 Å². The molecule has 1 heterocycles. The fourth-order valence-corrected chi connectivity index (χ4v) is 3.65. The van der Waals surface area contributed by atoms with Crippen LogP contribution in [0.4, 0.5) is 5.69 Å². The van der Waals surface area contributed by atoms with Crippen LogP contribution in [0.25, 0.3) is 0 Å². The second-order valence-electron chi connectivity index (χ2n) is 6.21. The highest BCUT2D eigenvalue weighted by molar-refractivity contribution is 7.92. The Labute approximate surface area is 158 Å². The maximum absolute atomic E-state index is 12.5. The molecule has 0 fully saturated rings. The Balaban J connectivity index is 1.72. The number of carbonyl (C=O) groups excluding carboxylic acids is 1. The first-order chi connectivity index (χ1) is 12.8. The van der Waals surface area contributed by atoms with E-state index in [1.807, 2.05) is 6.92 Å². The highest BCUT2D eigenvalue weighted by Gasteiger charge is 2.16. The lowest BCUT2D eigenvalue weighted by Gasteiger charge is -2.12. The predicted octanol–water partition coefficient (Wildman–Crippen LogP) is 3.63. The van der Waals surface area contributed by atoms with Crippen molar-refractivity contribution in [3.63, 3.8) is 0 Å². The van der Waals surface area contributed by atoms with Crippen molar-refractivity contribution in [1.29, 1.82) is 0 Å². The van der Waals surface area contributed by atoms with E-state index in [0.29, 0.717) is 22.6 Å². The zero-order valence-corrected chi connectivity index (χ0v) is 15.8. The lowest BCUT2D eigenvalue weighted by Crippen LogP contribution is -2.22. The molecule has 140 valence electrons. The van der Waals surface area contributed by atoms with E-state index >= 15 is 0 Å². The summed E-state index contributed by atoms with van der Waals surface area (Å²) in [5, 5.41) is 2.76. The van der Waals surface area contributed by atoms with Crippen LogP contribution in [0.2, 0.25) is 0 Å². The molecule has 0 unspecified atom stereocenters. The zero-order valence-electron chi connectivity index (χ0n) is 15.0. The number of anilines is 1. The van der Waals surface area contributed by atoms with Gasteiger partial charge in [-0.3, -0.25) is 9.52 Å². The van der Waals surface area contributed by atoms with Gasteiger partial charge in [0.15, 0.2) is 0 Å². The molecule has 3 rings (SSSR count). The summed E-state index contributed by atoms with van der Waals surface area (Å²) in [6.45, 7) is 3.92. The van der Waals surface area contributed by atoms with Crippen molar-refractivity contribution in [2.75, 3.05) is 4.72 Å². The Hall–Kier alpha value is -3.06. The van der Waals surface area contributed by atoms with E-state index in [9.17, 15) is 13.2 Å². The Kier molecular flexibility index (Phi) is 5.32. The average molecular weight is 384 g/mol. The van der Waals surface area contributed by atoms with E-state index in [4.69, 9.17) is 4.42 Å². The van der Waals surface area contributed by atoms with E-state index in [1.165, 1.54) is 0 Å². The topological polar surface area (TPSA) is 88.4 Å². The van der Waals surface area contributed by atoms with Gasteiger partial charge in [-0.05, 0) is 61.9 Å². The van der Waals surface area contributed by atoms with Gasteiger partial charge in [0, 0.05) is 5.56 Å². The van der Waals surface area contributed by atoms with Gasteiger partial charge in [-0.2, -0.15) is 0 Å². The van der Waals surface area contributed by atoms with Crippen LogP contribution in [-0.4, -0.2) is 14.3 Å². The molecule has 0 aliphatic rings. The van der Waals surface area contributed by atoms with Gasteiger partial charge >= 0.3 is 0 Å². The number of hydrogen-bond acceptors (Lipinski definition) is 4. The third kappa shape index (κ3) is 4.57. The molecule has 6 nitrogen and oxygen atoms in total. The SMILES string of the molecule is Cc1ccc(S(=O)(=O)Nc2ccc(C(=O)NCc3ccco3)cc2C)cc1. The first-order valence-corrected chi connectivity index (χ1v) is 9.84. The van der Waals surface area contributed by atoms with Crippen LogP contribution in [0.3, 0.4) is 0 Å². The van der Waals surface area contributed by atoms with E-state index in [1.54, 1.807) is 67.8 Å². The second-order valence-corrected chi connectivity index (χ2v) is 7.89. The van der Waals surface area contributed by atoms with Crippen molar-refractivity contribution in [2.24, 2.45) is 0 Å². The first-order valence-electron chi connectivity index (χ1n) is 8.36. The molecule has 0 aliphatic carbocycles. The van der Waals surface area contributed by atoms with Crippen molar-refractivity contribution >= 4 is 21.6 Å². The largest absolute Gasteiger partial charge is 0.467 e. The highest BCUT2D eigenvalue weighted by atomic mass is 32.2. The van der Waals surface area contributed by atoms with E-state index in [-0.39, 0.29) is 17.3 Å². The smallest absolute Gasteiger partial charge is 0.261 e. The van der Waals surface area contributed by atoms with Crippen LogP contribution >= 0.6 is 0 Å². The quantitative estimate of drug-likeness (QED) is 0.679. The first kappa shape index (κ1) is 18.7. The maximum atomic E-state index is 12.5. The molecule has 0 spiro atoms. The maximum Gasteiger partial charge on any atom is 0.261 e. The molecular weight excluding hydrogens is 364 g/mol. The predicted molar refractivity (Wildman–Crippen MR) is 103 cm³/mol. The minimum absolute atomic E-state index is 0.188. The number of benzene rings is 2. The molecule has 0 saturated heterocycles. The van der Waals surface area contributed by atoms with Gasteiger partial charge in [-0.15, -0.1) is 0 Å². The monoisotopic (exact) mass is 384 g/mol. The summed E-state index contributed by atoms with van der Waals surface area (Å²) in [6, 6.07) is 14.9. The number of furan rings is 1. The van der Waals surface area contributed by atoms with Gasteiger partial charge in [-0.25, -0.2) is 8.42 Å². The van der Waals surface area contributed by atoms with Crippen molar-refractivity contribution < 1.29 is 17.6 Å². The molecule has 3 aromatic rings. The van der Waals surface area contributed by atoms with Crippen molar-refractivity contribution in [1.82, 2.24) is 5.32 Å². The lowest BCUT2D eigenvalue weighted by atomic mass is 10.1. The molecule has 0 aliphatic heterocycles. The number of amides is 1. The van der Waals surface area contributed by atoms with Crippen molar-refractivity contribution in [3.8, 4) is 0 Å². The molecule has 1 amide bonds. The van der Waals surface area contributed by atoms with Crippen LogP contribution in [0, 0.1) is 13.8 Å². The van der Waals surface area contributed by atoms with Crippen molar-refractivity contribution in [3.05, 3.63) is 83.3 Å². The summed E-state index contributed by atoms with van der Waals surface area (Å²) in [4.78, 5) is 12.4. The number of carbonyl (C=O) groups is 1. The number of hydrogen-bond donors (Lipinski definition) is 2. The van der Waals surface area contributed by atoms with Crippen LogP contribution in [0.1, 0.15) is 27.2 Å². The molecule has 0 radical (unpaired) electrons. The molecule has 0 saturated carbocycles. The van der Waals surface area contributed by atoms with E-state index in [0.717, 1.165) is 5.56 Å². The van der Waals surface area contributed by atoms with Crippen LogP contribution in [0.5, 0.6) is 0 Å². The third-order valence-electron chi connectivity index (χ3n) is 4.07.